The van der Waals surface area contributed by atoms with E-state index in [1.807, 2.05) is 13.0 Å². The van der Waals surface area contributed by atoms with E-state index in [0.717, 1.165) is 25.1 Å². The van der Waals surface area contributed by atoms with Crippen LogP contribution >= 0.6 is 0 Å². The lowest BCUT2D eigenvalue weighted by atomic mass is 10.1. The summed E-state index contributed by atoms with van der Waals surface area (Å²) in [5.74, 6) is -0.0822. The van der Waals surface area contributed by atoms with Crippen LogP contribution < -0.4 is 15.0 Å². The molecule has 0 unspecified atom stereocenters. The fraction of sp³-hybridized carbons (Fsp3) is 0.538. The fourth-order valence-corrected chi connectivity index (χ4v) is 3.08. The fourth-order valence-electron chi connectivity index (χ4n) is 3.08. The van der Waals surface area contributed by atoms with E-state index >= 15 is 0 Å². The first-order chi connectivity index (χ1) is 8.96. The molecule has 0 bridgehead atoms. The molecule has 0 spiro atoms. The summed E-state index contributed by atoms with van der Waals surface area (Å²) in [6.45, 7) is 3.58. The third kappa shape index (κ3) is 2.25. The molecule has 1 aromatic rings. The van der Waals surface area contributed by atoms with Crippen LogP contribution in [0.1, 0.15) is 12.5 Å². The molecule has 3 rings (SSSR count). The maximum Gasteiger partial charge on any atom is 0.573 e. The molecule has 2 atom stereocenters. The van der Waals surface area contributed by atoms with Gasteiger partial charge in [0, 0.05) is 25.2 Å². The number of benzene rings is 1. The normalized spacial score (nSPS) is 26.0. The van der Waals surface area contributed by atoms with Crippen molar-refractivity contribution in [3.63, 3.8) is 0 Å². The van der Waals surface area contributed by atoms with Gasteiger partial charge in [0.15, 0.2) is 5.75 Å². The quantitative estimate of drug-likeness (QED) is 0.849. The number of hydrogen-bond donors (Lipinski definition) is 1. The van der Waals surface area contributed by atoms with Crippen molar-refractivity contribution in [3.05, 3.63) is 23.8 Å². The number of rotatable bonds is 1. The number of alkyl halides is 3. The van der Waals surface area contributed by atoms with E-state index in [0.29, 0.717) is 5.69 Å². The molecule has 19 heavy (non-hydrogen) atoms. The molecule has 2 aliphatic rings. The van der Waals surface area contributed by atoms with Gasteiger partial charge in [-0.3, -0.25) is 0 Å². The highest BCUT2D eigenvalue weighted by Gasteiger charge is 2.40. The summed E-state index contributed by atoms with van der Waals surface area (Å²) in [6.07, 6.45) is -3.88. The van der Waals surface area contributed by atoms with Crippen LogP contribution in [-0.4, -0.2) is 31.5 Å². The Morgan fingerprint density at radius 2 is 2.11 bits per heavy atom. The van der Waals surface area contributed by atoms with Gasteiger partial charge in [-0.15, -0.1) is 13.2 Å². The van der Waals surface area contributed by atoms with Crippen LogP contribution in [0.15, 0.2) is 18.2 Å². The Hall–Kier alpha value is -1.43. The average molecular weight is 272 g/mol. The van der Waals surface area contributed by atoms with E-state index in [1.54, 1.807) is 6.07 Å². The molecule has 1 fully saturated rings. The Morgan fingerprint density at radius 1 is 1.32 bits per heavy atom. The Balaban J connectivity index is 2.00. The number of halogens is 3. The standard InChI is InChI=1S/C13H15F3N2O/c1-8-6-17-7-10-5-9-3-2-4-11(12(9)18(8)10)19-13(14,15)16/h2-4,8,10,17H,5-7H2,1H3/t8-,10-/m1/s1. The van der Waals surface area contributed by atoms with Gasteiger partial charge in [-0.05, 0) is 25.0 Å². The zero-order chi connectivity index (χ0) is 13.6. The van der Waals surface area contributed by atoms with Crippen LogP contribution in [0.3, 0.4) is 0 Å². The third-order valence-electron chi connectivity index (χ3n) is 3.71. The molecule has 0 amide bonds. The van der Waals surface area contributed by atoms with Crippen molar-refractivity contribution >= 4 is 5.69 Å². The van der Waals surface area contributed by atoms with Crippen molar-refractivity contribution in [1.82, 2.24) is 5.32 Å². The molecule has 1 N–H and O–H groups in total. The molecular weight excluding hydrogens is 257 g/mol. The summed E-state index contributed by atoms with van der Waals surface area (Å²) in [7, 11) is 0. The zero-order valence-electron chi connectivity index (χ0n) is 10.5. The van der Waals surface area contributed by atoms with Crippen LogP contribution in [0.5, 0.6) is 5.75 Å². The summed E-state index contributed by atoms with van der Waals surface area (Å²) in [5, 5.41) is 3.30. The number of anilines is 1. The minimum atomic E-state index is -4.65. The molecule has 2 aliphatic heterocycles. The lowest BCUT2D eigenvalue weighted by Crippen LogP contribution is -2.55. The minimum absolute atomic E-state index is 0.0822. The smallest absolute Gasteiger partial charge is 0.404 e. The van der Waals surface area contributed by atoms with Gasteiger partial charge in [0.1, 0.15) is 0 Å². The highest BCUT2D eigenvalue weighted by Crippen LogP contribution is 2.43. The second-order valence-electron chi connectivity index (χ2n) is 5.08. The average Bonchev–Trinajstić information content (AvgIpc) is 2.67. The first-order valence-corrected chi connectivity index (χ1v) is 6.32. The van der Waals surface area contributed by atoms with Crippen molar-refractivity contribution < 1.29 is 17.9 Å². The van der Waals surface area contributed by atoms with E-state index < -0.39 is 6.36 Å². The van der Waals surface area contributed by atoms with Crippen LogP contribution in [0.25, 0.3) is 0 Å². The Bertz CT molecular complexity index is 489. The van der Waals surface area contributed by atoms with E-state index in [4.69, 9.17) is 0 Å². The molecule has 0 saturated carbocycles. The highest BCUT2D eigenvalue weighted by molar-refractivity contribution is 5.69. The van der Waals surface area contributed by atoms with Gasteiger partial charge < -0.3 is 15.0 Å². The van der Waals surface area contributed by atoms with Crippen molar-refractivity contribution in [1.29, 1.82) is 0 Å². The predicted molar refractivity (Wildman–Crippen MR) is 65.4 cm³/mol. The third-order valence-corrected chi connectivity index (χ3v) is 3.71. The van der Waals surface area contributed by atoms with E-state index in [9.17, 15) is 13.2 Å². The molecule has 1 aromatic carbocycles. The maximum atomic E-state index is 12.5. The van der Waals surface area contributed by atoms with Gasteiger partial charge in [-0.25, -0.2) is 0 Å². The zero-order valence-corrected chi connectivity index (χ0v) is 10.5. The summed E-state index contributed by atoms with van der Waals surface area (Å²) >= 11 is 0. The molecule has 0 aromatic heterocycles. The summed E-state index contributed by atoms with van der Waals surface area (Å²) < 4.78 is 41.6. The van der Waals surface area contributed by atoms with Crippen molar-refractivity contribution in [2.24, 2.45) is 0 Å². The SMILES string of the molecule is C[C@@H]1CNC[C@H]2Cc3cccc(OC(F)(F)F)c3N21. The minimum Gasteiger partial charge on any atom is -0.404 e. The van der Waals surface area contributed by atoms with E-state index in [1.165, 1.54) is 6.07 Å². The van der Waals surface area contributed by atoms with Gasteiger partial charge in [0.25, 0.3) is 0 Å². The molecule has 2 heterocycles. The summed E-state index contributed by atoms with van der Waals surface area (Å²) in [4.78, 5) is 2.06. The second kappa shape index (κ2) is 4.30. The molecule has 0 radical (unpaired) electrons. The van der Waals surface area contributed by atoms with Gasteiger partial charge in [-0.2, -0.15) is 0 Å². The number of hydrogen-bond acceptors (Lipinski definition) is 3. The second-order valence-corrected chi connectivity index (χ2v) is 5.08. The molecule has 104 valence electrons. The lowest BCUT2D eigenvalue weighted by Gasteiger charge is -2.39. The Morgan fingerprint density at radius 3 is 2.84 bits per heavy atom. The van der Waals surface area contributed by atoms with Crippen LogP contribution in [-0.2, 0) is 6.42 Å². The van der Waals surface area contributed by atoms with Crippen LogP contribution in [0.4, 0.5) is 18.9 Å². The topological polar surface area (TPSA) is 24.5 Å². The first-order valence-electron chi connectivity index (χ1n) is 6.32. The van der Waals surface area contributed by atoms with Gasteiger partial charge in [0.2, 0.25) is 0 Å². The maximum absolute atomic E-state index is 12.5. The molecule has 3 nitrogen and oxygen atoms in total. The number of ether oxygens (including phenoxy) is 1. The highest BCUT2D eigenvalue weighted by atomic mass is 19.4. The number of para-hydroxylation sites is 1. The predicted octanol–water partition coefficient (Wildman–Crippen LogP) is 2.31. The largest absolute Gasteiger partial charge is 0.573 e. The Kier molecular flexibility index (Phi) is 2.85. The lowest BCUT2D eigenvalue weighted by molar-refractivity contribution is -0.274. The van der Waals surface area contributed by atoms with E-state index in [-0.39, 0.29) is 17.8 Å². The van der Waals surface area contributed by atoms with Crippen LogP contribution in [0.2, 0.25) is 0 Å². The number of piperazine rings is 1. The molecule has 0 aliphatic carbocycles. The van der Waals surface area contributed by atoms with Gasteiger partial charge >= 0.3 is 6.36 Å². The molecule has 1 saturated heterocycles. The van der Waals surface area contributed by atoms with Crippen molar-refractivity contribution in [3.8, 4) is 5.75 Å². The summed E-state index contributed by atoms with van der Waals surface area (Å²) in [5.41, 5.74) is 1.54. The van der Waals surface area contributed by atoms with Gasteiger partial charge in [-0.1, -0.05) is 12.1 Å². The summed E-state index contributed by atoms with van der Waals surface area (Å²) in [6, 6.07) is 5.28. The van der Waals surface area contributed by atoms with E-state index in [2.05, 4.69) is 15.0 Å². The van der Waals surface area contributed by atoms with Crippen molar-refractivity contribution in [2.45, 2.75) is 31.8 Å². The number of nitrogens with zero attached hydrogens (tertiary/aromatic N) is 1. The monoisotopic (exact) mass is 272 g/mol. The molecular formula is C13H15F3N2O. The molecule has 6 heteroatoms. The first kappa shape index (κ1) is 12.6. The Labute approximate surface area is 109 Å². The number of nitrogens with one attached hydrogen (secondary N) is 1. The van der Waals surface area contributed by atoms with Crippen LogP contribution in [0, 0.1) is 0 Å². The number of fused-ring (bicyclic) bond motifs is 3. The van der Waals surface area contributed by atoms with Gasteiger partial charge in [0.05, 0.1) is 5.69 Å². The van der Waals surface area contributed by atoms with Crippen molar-refractivity contribution in [2.75, 3.05) is 18.0 Å².